The van der Waals surface area contributed by atoms with Gasteiger partial charge in [-0.25, -0.2) is 0 Å². The number of benzene rings is 1. The fourth-order valence-corrected chi connectivity index (χ4v) is 2.81. The van der Waals surface area contributed by atoms with Gasteiger partial charge in [0.25, 0.3) is 5.91 Å². The number of hydrogen-bond donors (Lipinski definition) is 0. The first kappa shape index (κ1) is 15.3. The quantitative estimate of drug-likeness (QED) is 0.634. The SMILES string of the molecule is COc1cccc(C(=O)N2CCCC(C)(C)C2)c1[N+](=O)[O-]. The van der Waals surface area contributed by atoms with Crippen molar-refractivity contribution in [2.75, 3.05) is 20.2 Å². The third kappa shape index (κ3) is 3.15. The Labute approximate surface area is 123 Å². The van der Waals surface area contributed by atoms with E-state index in [1.165, 1.54) is 19.2 Å². The number of hydrogen-bond acceptors (Lipinski definition) is 4. The molecule has 0 N–H and O–H groups in total. The average molecular weight is 292 g/mol. The summed E-state index contributed by atoms with van der Waals surface area (Å²) in [5.41, 5.74) is -0.118. The molecule has 1 aliphatic rings. The summed E-state index contributed by atoms with van der Waals surface area (Å²) < 4.78 is 5.01. The Morgan fingerprint density at radius 1 is 1.43 bits per heavy atom. The van der Waals surface area contributed by atoms with Crippen LogP contribution in [-0.2, 0) is 0 Å². The van der Waals surface area contributed by atoms with Gasteiger partial charge in [-0.05, 0) is 30.4 Å². The van der Waals surface area contributed by atoms with Crippen LogP contribution in [0.3, 0.4) is 0 Å². The molecule has 1 aliphatic heterocycles. The number of nitro benzene ring substituents is 1. The van der Waals surface area contributed by atoms with E-state index >= 15 is 0 Å². The van der Waals surface area contributed by atoms with Gasteiger partial charge in [0.05, 0.1) is 12.0 Å². The highest BCUT2D eigenvalue weighted by Crippen LogP contribution is 2.34. The Morgan fingerprint density at radius 3 is 2.71 bits per heavy atom. The minimum atomic E-state index is -0.554. The largest absolute Gasteiger partial charge is 0.490 e. The minimum absolute atomic E-state index is 0.0432. The lowest BCUT2D eigenvalue weighted by atomic mass is 9.84. The summed E-state index contributed by atoms with van der Waals surface area (Å²) in [5, 5.41) is 11.3. The zero-order valence-corrected chi connectivity index (χ0v) is 12.6. The fourth-order valence-electron chi connectivity index (χ4n) is 2.81. The molecule has 1 heterocycles. The number of carbonyl (C=O) groups is 1. The van der Waals surface area contributed by atoms with Crippen molar-refractivity contribution in [2.45, 2.75) is 26.7 Å². The molecule has 0 spiro atoms. The normalized spacial score (nSPS) is 17.4. The van der Waals surface area contributed by atoms with Gasteiger partial charge in [0, 0.05) is 13.1 Å². The van der Waals surface area contributed by atoms with Crippen LogP contribution in [0.5, 0.6) is 5.75 Å². The van der Waals surface area contributed by atoms with Gasteiger partial charge in [0.2, 0.25) is 0 Å². The molecule has 1 fully saturated rings. The second kappa shape index (κ2) is 5.71. The van der Waals surface area contributed by atoms with Crippen molar-refractivity contribution in [1.82, 2.24) is 4.90 Å². The van der Waals surface area contributed by atoms with Crippen LogP contribution in [0.4, 0.5) is 5.69 Å². The summed E-state index contributed by atoms with van der Waals surface area (Å²) in [6.07, 6.45) is 1.97. The topological polar surface area (TPSA) is 72.7 Å². The van der Waals surface area contributed by atoms with Crippen LogP contribution in [0.15, 0.2) is 18.2 Å². The number of carbonyl (C=O) groups excluding carboxylic acids is 1. The number of rotatable bonds is 3. The molecule has 1 amide bonds. The van der Waals surface area contributed by atoms with Crippen molar-refractivity contribution in [3.05, 3.63) is 33.9 Å². The molecular formula is C15H20N2O4. The Balaban J connectivity index is 2.37. The molecule has 0 aromatic heterocycles. The molecule has 0 aliphatic carbocycles. The average Bonchev–Trinajstić information content (AvgIpc) is 2.44. The molecule has 0 unspecified atom stereocenters. The predicted octanol–water partition coefficient (Wildman–Crippen LogP) is 2.87. The summed E-state index contributed by atoms with van der Waals surface area (Å²) in [6.45, 7) is 5.45. The van der Waals surface area contributed by atoms with Gasteiger partial charge >= 0.3 is 5.69 Å². The van der Waals surface area contributed by atoms with E-state index in [0.29, 0.717) is 13.1 Å². The lowest BCUT2D eigenvalue weighted by Gasteiger charge is -2.38. The van der Waals surface area contributed by atoms with Gasteiger partial charge in [-0.15, -0.1) is 0 Å². The van der Waals surface area contributed by atoms with E-state index in [9.17, 15) is 14.9 Å². The lowest BCUT2D eigenvalue weighted by Crippen LogP contribution is -2.43. The molecule has 21 heavy (non-hydrogen) atoms. The second-order valence-corrected chi connectivity index (χ2v) is 6.11. The van der Waals surface area contributed by atoms with Gasteiger partial charge in [0.15, 0.2) is 5.75 Å². The highest BCUT2D eigenvalue weighted by Gasteiger charge is 2.33. The van der Waals surface area contributed by atoms with E-state index < -0.39 is 4.92 Å². The molecule has 6 heteroatoms. The molecule has 6 nitrogen and oxygen atoms in total. The van der Waals surface area contributed by atoms with Crippen molar-refractivity contribution < 1.29 is 14.5 Å². The maximum absolute atomic E-state index is 12.6. The summed E-state index contributed by atoms with van der Waals surface area (Å²) >= 11 is 0. The monoisotopic (exact) mass is 292 g/mol. The molecule has 2 rings (SSSR count). The standard InChI is InChI=1S/C15H20N2O4/c1-15(2)8-5-9-16(10-15)14(18)11-6-4-7-12(21-3)13(11)17(19)20/h4,6-7H,5,8-10H2,1-3H3. The summed E-state index contributed by atoms with van der Waals surface area (Å²) in [5.74, 6) is -0.185. The highest BCUT2D eigenvalue weighted by molar-refractivity contribution is 5.99. The Bertz CT molecular complexity index is 569. The van der Waals surface area contributed by atoms with E-state index in [1.807, 2.05) is 0 Å². The fraction of sp³-hybridized carbons (Fsp3) is 0.533. The molecule has 0 saturated carbocycles. The van der Waals surface area contributed by atoms with Gasteiger partial charge in [-0.3, -0.25) is 14.9 Å². The van der Waals surface area contributed by atoms with E-state index in [-0.39, 0.29) is 28.3 Å². The van der Waals surface area contributed by atoms with Crippen LogP contribution in [-0.4, -0.2) is 35.9 Å². The third-order valence-electron chi connectivity index (χ3n) is 3.82. The third-order valence-corrected chi connectivity index (χ3v) is 3.82. The summed E-state index contributed by atoms with van der Waals surface area (Å²) in [4.78, 5) is 25.1. The van der Waals surface area contributed by atoms with Crippen molar-refractivity contribution in [3.63, 3.8) is 0 Å². The van der Waals surface area contributed by atoms with E-state index in [0.717, 1.165) is 12.8 Å². The van der Waals surface area contributed by atoms with Crippen molar-refractivity contribution >= 4 is 11.6 Å². The maximum atomic E-state index is 12.6. The number of piperidine rings is 1. The Kier molecular flexibility index (Phi) is 4.16. The zero-order valence-electron chi connectivity index (χ0n) is 12.6. The molecule has 0 radical (unpaired) electrons. The number of nitro groups is 1. The number of para-hydroxylation sites is 1. The van der Waals surface area contributed by atoms with Crippen LogP contribution in [0.1, 0.15) is 37.0 Å². The van der Waals surface area contributed by atoms with Gasteiger partial charge < -0.3 is 9.64 Å². The minimum Gasteiger partial charge on any atom is -0.490 e. The number of nitrogens with zero attached hydrogens (tertiary/aromatic N) is 2. The molecule has 1 aromatic carbocycles. The van der Waals surface area contributed by atoms with Crippen LogP contribution in [0.2, 0.25) is 0 Å². The van der Waals surface area contributed by atoms with Crippen LogP contribution < -0.4 is 4.74 Å². The molecular weight excluding hydrogens is 272 g/mol. The van der Waals surface area contributed by atoms with Crippen LogP contribution >= 0.6 is 0 Å². The Morgan fingerprint density at radius 2 is 2.14 bits per heavy atom. The molecule has 1 saturated heterocycles. The van der Waals surface area contributed by atoms with E-state index in [2.05, 4.69) is 13.8 Å². The molecule has 114 valence electrons. The van der Waals surface area contributed by atoms with E-state index in [4.69, 9.17) is 4.74 Å². The summed E-state index contributed by atoms with van der Waals surface area (Å²) in [7, 11) is 1.36. The van der Waals surface area contributed by atoms with Crippen molar-refractivity contribution in [1.29, 1.82) is 0 Å². The zero-order chi connectivity index (χ0) is 15.6. The molecule has 0 bridgehead atoms. The first-order chi connectivity index (χ1) is 9.85. The molecule has 0 atom stereocenters. The van der Waals surface area contributed by atoms with Gasteiger partial charge in [-0.1, -0.05) is 19.9 Å². The summed E-state index contributed by atoms with van der Waals surface area (Å²) in [6, 6.07) is 4.59. The first-order valence-electron chi connectivity index (χ1n) is 6.96. The number of methoxy groups -OCH3 is 1. The predicted molar refractivity (Wildman–Crippen MR) is 78.6 cm³/mol. The van der Waals surface area contributed by atoms with Crippen LogP contribution in [0, 0.1) is 15.5 Å². The molecule has 1 aromatic rings. The maximum Gasteiger partial charge on any atom is 0.323 e. The first-order valence-corrected chi connectivity index (χ1v) is 6.96. The van der Waals surface area contributed by atoms with Crippen LogP contribution in [0.25, 0.3) is 0 Å². The number of ether oxygens (including phenoxy) is 1. The number of likely N-dealkylation sites (tertiary alicyclic amines) is 1. The lowest BCUT2D eigenvalue weighted by molar-refractivity contribution is -0.386. The van der Waals surface area contributed by atoms with Crippen molar-refractivity contribution in [3.8, 4) is 5.75 Å². The number of amides is 1. The Hall–Kier alpha value is -2.11. The van der Waals surface area contributed by atoms with E-state index in [1.54, 1.807) is 11.0 Å². The van der Waals surface area contributed by atoms with Gasteiger partial charge in [0.1, 0.15) is 5.56 Å². The highest BCUT2D eigenvalue weighted by atomic mass is 16.6. The second-order valence-electron chi connectivity index (χ2n) is 6.11. The van der Waals surface area contributed by atoms with Gasteiger partial charge in [-0.2, -0.15) is 0 Å². The smallest absolute Gasteiger partial charge is 0.323 e. The van der Waals surface area contributed by atoms with Crippen molar-refractivity contribution in [2.24, 2.45) is 5.41 Å².